The normalized spacial score (nSPS) is 10.8. The SMILES string of the molecule is COCCOCCNc1nc(NN)nc2sccc12. The third-order valence-electron chi connectivity index (χ3n) is 2.42. The average Bonchev–Trinajstić information content (AvgIpc) is 2.90. The first-order valence-corrected chi connectivity index (χ1v) is 6.75. The molecule has 0 atom stereocenters. The van der Waals surface area contributed by atoms with Crippen LogP contribution in [0.2, 0.25) is 0 Å². The number of ether oxygens (including phenoxy) is 2. The average molecular weight is 283 g/mol. The van der Waals surface area contributed by atoms with Crippen molar-refractivity contribution in [2.75, 3.05) is 44.2 Å². The van der Waals surface area contributed by atoms with Gasteiger partial charge in [0.25, 0.3) is 0 Å². The van der Waals surface area contributed by atoms with Crippen LogP contribution in [0.25, 0.3) is 10.2 Å². The number of nitrogen functional groups attached to an aromatic ring is 1. The van der Waals surface area contributed by atoms with Gasteiger partial charge < -0.3 is 14.8 Å². The van der Waals surface area contributed by atoms with Crippen LogP contribution >= 0.6 is 11.3 Å². The molecule has 0 amide bonds. The maximum atomic E-state index is 5.38. The minimum absolute atomic E-state index is 0.401. The summed E-state index contributed by atoms with van der Waals surface area (Å²) in [6, 6.07) is 1.98. The molecule has 0 spiro atoms. The third kappa shape index (κ3) is 3.74. The van der Waals surface area contributed by atoms with Crippen LogP contribution in [0.1, 0.15) is 0 Å². The molecule has 0 saturated carbocycles. The van der Waals surface area contributed by atoms with E-state index in [4.69, 9.17) is 15.3 Å². The lowest BCUT2D eigenvalue weighted by Gasteiger charge is -2.08. The number of anilines is 2. The minimum Gasteiger partial charge on any atom is -0.382 e. The lowest BCUT2D eigenvalue weighted by atomic mass is 10.4. The van der Waals surface area contributed by atoms with Crippen LogP contribution in [-0.2, 0) is 9.47 Å². The van der Waals surface area contributed by atoms with Crippen LogP contribution < -0.4 is 16.6 Å². The van der Waals surface area contributed by atoms with Gasteiger partial charge in [0.2, 0.25) is 5.95 Å². The molecular weight excluding hydrogens is 266 g/mol. The van der Waals surface area contributed by atoms with Gasteiger partial charge in [0.15, 0.2) is 0 Å². The van der Waals surface area contributed by atoms with Gasteiger partial charge in [-0.1, -0.05) is 0 Å². The van der Waals surface area contributed by atoms with Crippen LogP contribution in [0.5, 0.6) is 0 Å². The molecule has 0 aliphatic carbocycles. The summed E-state index contributed by atoms with van der Waals surface area (Å²) in [5.74, 6) is 6.51. The molecule has 7 nitrogen and oxygen atoms in total. The molecule has 0 fully saturated rings. The van der Waals surface area contributed by atoms with Gasteiger partial charge in [-0.05, 0) is 11.4 Å². The van der Waals surface area contributed by atoms with Gasteiger partial charge in [-0.2, -0.15) is 4.98 Å². The quantitative estimate of drug-likeness (QED) is 0.379. The molecule has 19 heavy (non-hydrogen) atoms. The predicted molar refractivity (Wildman–Crippen MR) is 76.4 cm³/mol. The molecule has 2 aromatic rings. The smallest absolute Gasteiger partial charge is 0.240 e. The lowest BCUT2D eigenvalue weighted by molar-refractivity contribution is 0.0759. The van der Waals surface area contributed by atoms with Gasteiger partial charge in [0, 0.05) is 13.7 Å². The van der Waals surface area contributed by atoms with Crippen LogP contribution in [-0.4, -0.2) is 43.4 Å². The number of nitrogens with one attached hydrogen (secondary N) is 2. The summed E-state index contributed by atoms with van der Waals surface area (Å²) in [6.07, 6.45) is 0. The minimum atomic E-state index is 0.401. The number of fused-ring (bicyclic) bond motifs is 1. The Morgan fingerprint density at radius 1 is 1.32 bits per heavy atom. The van der Waals surface area contributed by atoms with Crippen LogP contribution in [0, 0.1) is 0 Å². The number of nitrogens with two attached hydrogens (primary N) is 1. The van der Waals surface area contributed by atoms with E-state index in [1.54, 1.807) is 18.4 Å². The Balaban J connectivity index is 1.93. The van der Waals surface area contributed by atoms with Crippen LogP contribution in [0.3, 0.4) is 0 Å². The van der Waals surface area contributed by atoms with Gasteiger partial charge >= 0.3 is 0 Å². The highest BCUT2D eigenvalue weighted by atomic mass is 32.1. The first-order valence-electron chi connectivity index (χ1n) is 5.87. The van der Waals surface area contributed by atoms with Crippen LogP contribution in [0.4, 0.5) is 11.8 Å². The van der Waals surface area contributed by atoms with E-state index in [1.165, 1.54) is 0 Å². The van der Waals surface area contributed by atoms with Crippen LogP contribution in [0.15, 0.2) is 11.4 Å². The van der Waals surface area contributed by atoms with E-state index in [0.717, 1.165) is 16.0 Å². The largest absolute Gasteiger partial charge is 0.382 e. The van der Waals surface area contributed by atoms with Crippen molar-refractivity contribution in [3.63, 3.8) is 0 Å². The standard InChI is InChI=1S/C11H17N5O2S/c1-17-5-6-18-4-3-13-9-8-2-7-19-10(8)15-11(14-9)16-12/h2,7H,3-6,12H2,1H3,(H2,13,14,15,16). The highest BCUT2D eigenvalue weighted by Gasteiger charge is 2.07. The van der Waals surface area contributed by atoms with E-state index in [2.05, 4.69) is 20.7 Å². The summed E-state index contributed by atoms with van der Waals surface area (Å²) in [4.78, 5) is 9.45. The van der Waals surface area contributed by atoms with Gasteiger partial charge in [-0.15, -0.1) is 11.3 Å². The molecule has 0 bridgehead atoms. The Hall–Kier alpha value is -1.48. The number of thiophene rings is 1. The van der Waals surface area contributed by atoms with Gasteiger partial charge in [-0.25, -0.2) is 10.8 Å². The molecule has 0 saturated heterocycles. The summed E-state index contributed by atoms with van der Waals surface area (Å²) in [6.45, 7) is 2.44. The summed E-state index contributed by atoms with van der Waals surface area (Å²) in [5, 5.41) is 6.18. The molecule has 0 aliphatic heterocycles. The van der Waals surface area contributed by atoms with Gasteiger partial charge in [0.05, 0.1) is 25.2 Å². The van der Waals surface area contributed by atoms with Crippen molar-refractivity contribution >= 4 is 33.3 Å². The fourth-order valence-corrected chi connectivity index (χ4v) is 2.30. The van der Waals surface area contributed by atoms with Crippen molar-refractivity contribution in [3.8, 4) is 0 Å². The Morgan fingerprint density at radius 2 is 2.21 bits per heavy atom. The molecule has 2 rings (SSSR count). The molecule has 8 heteroatoms. The summed E-state index contributed by atoms with van der Waals surface area (Å²) in [7, 11) is 1.65. The number of hydrazine groups is 1. The zero-order valence-electron chi connectivity index (χ0n) is 10.7. The molecule has 0 unspecified atom stereocenters. The molecule has 0 aliphatic rings. The molecule has 0 radical (unpaired) electrons. The maximum absolute atomic E-state index is 5.38. The maximum Gasteiger partial charge on any atom is 0.240 e. The van der Waals surface area contributed by atoms with Gasteiger partial charge in [0.1, 0.15) is 10.6 Å². The Labute approximate surface area is 115 Å². The number of hydrogen-bond acceptors (Lipinski definition) is 8. The van der Waals surface area contributed by atoms with Crippen molar-refractivity contribution in [2.24, 2.45) is 5.84 Å². The zero-order valence-corrected chi connectivity index (χ0v) is 11.5. The Kier molecular flexibility index (Phi) is 5.28. The molecule has 2 aromatic heterocycles. The van der Waals surface area contributed by atoms with E-state index in [0.29, 0.717) is 32.3 Å². The second-order valence-electron chi connectivity index (χ2n) is 3.71. The van der Waals surface area contributed by atoms with Crippen molar-refractivity contribution < 1.29 is 9.47 Å². The molecule has 2 heterocycles. The fraction of sp³-hybridized carbons (Fsp3) is 0.455. The highest BCUT2D eigenvalue weighted by Crippen LogP contribution is 2.25. The van der Waals surface area contributed by atoms with Crippen molar-refractivity contribution in [3.05, 3.63) is 11.4 Å². The lowest BCUT2D eigenvalue weighted by Crippen LogP contribution is -2.15. The third-order valence-corrected chi connectivity index (χ3v) is 3.23. The first kappa shape index (κ1) is 13.9. The van der Waals surface area contributed by atoms with Crippen molar-refractivity contribution in [1.29, 1.82) is 0 Å². The highest BCUT2D eigenvalue weighted by molar-refractivity contribution is 7.16. The second-order valence-corrected chi connectivity index (χ2v) is 4.61. The number of methoxy groups -OCH3 is 1. The summed E-state index contributed by atoms with van der Waals surface area (Å²) < 4.78 is 10.3. The van der Waals surface area contributed by atoms with E-state index in [9.17, 15) is 0 Å². The van der Waals surface area contributed by atoms with E-state index >= 15 is 0 Å². The molecule has 4 N–H and O–H groups in total. The number of rotatable bonds is 8. The van der Waals surface area contributed by atoms with E-state index in [-0.39, 0.29) is 0 Å². The molecule has 0 aromatic carbocycles. The predicted octanol–water partition coefficient (Wildman–Crippen LogP) is 1.05. The van der Waals surface area contributed by atoms with Gasteiger partial charge in [-0.3, -0.25) is 5.43 Å². The Bertz CT molecular complexity index is 519. The van der Waals surface area contributed by atoms with E-state index < -0.39 is 0 Å². The topological polar surface area (TPSA) is 94.3 Å². The zero-order chi connectivity index (χ0) is 13.5. The Morgan fingerprint density at radius 3 is 3.00 bits per heavy atom. The molecular formula is C11H17N5O2S. The number of hydrogen-bond donors (Lipinski definition) is 3. The molecule has 104 valence electrons. The van der Waals surface area contributed by atoms with Crippen molar-refractivity contribution in [1.82, 2.24) is 9.97 Å². The summed E-state index contributed by atoms with van der Waals surface area (Å²) in [5.41, 5.74) is 2.46. The van der Waals surface area contributed by atoms with E-state index in [1.807, 2.05) is 11.4 Å². The second kappa shape index (κ2) is 7.19. The first-order chi connectivity index (χ1) is 9.35. The summed E-state index contributed by atoms with van der Waals surface area (Å²) >= 11 is 1.55. The number of aromatic nitrogens is 2. The number of nitrogens with zero attached hydrogens (tertiary/aromatic N) is 2. The monoisotopic (exact) mass is 283 g/mol. The van der Waals surface area contributed by atoms with Crippen molar-refractivity contribution in [2.45, 2.75) is 0 Å². The fourth-order valence-electron chi connectivity index (χ4n) is 1.54.